The van der Waals surface area contributed by atoms with E-state index in [4.69, 9.17) is 35.4 Å². The van der Waals surface area contributed by atoms with Crippen molar-refractivity contribution in [2.45, 2.75) is 0 Å². The Bertz CT molecular complexity index is 854. The van der Waals surface area contributed by atoms with E-state index in [2.05, 4.69) is 0 Å². The van der Waals surface area contributed by atoms with Gasteiger partial charge in [0.1, 0.15) is 5.82 Å². The maximum absolute atomic E-state index is 13.4. The number of carbonyl (C=O) groups excluding carboxylic acids is 1. The summed E-state index contributed by atoms with van der Waals surface area (Å²) in [7, 11) is 0. The second-order valence-electron chi connectivity index (χ2n) is 4.67. The highest BCUT2D eigenvalue weighted by Gasteiger charge is 2.33. The van der Waals surface area contributed by atoms with E-state index in [0.717, 1.165) is 17.3 Å². The van der Waals surface area contributed by atoms with E-state index in [-0.39, 0.29) is 5.91 Å². The van der Waals surface area contributed by atoms with E-state index in [0.29, 0.717) is 25.0 Å². The Morgan fingerprint density at radius 2 is 1.91 bits per heavy atom. The predicted octanol–water partition coefficient (Wildman–Crippen LogP) is 5.54. The Labute approximate surface area is 151 Å². The van der Waals surface area contributed by atoms with Crippen LogP contribution in [0.1, 0.15) is 5.56 Å². The van der Waals surface area contributed by atoms with Gasteiger partial charge in [0, 0.05) is 0 Å². The molecule has 116 valence electrons. The number of anilines is 1. The molecule has 2 aromatic carbocycles. The van der Waals surface area contributed by atoms with Gasteiger partial charge in [0.25, 0.3) is 5.91 Å². The molecule has 7 heteroatoms. The van der Waals surface area contributed by atoms with Crippen molar-refractivity contribution in [3.05, 3.63) is 68.8 Å². The molecule has 1 aliphatic rings. The number of hydrogen-bond donors (Lipinski definition) is 0. The standard InChI is InChI=1S/C16H8Cl2FNOS2/c17-12-5-4-9(6-13(12)18)7-14-15(21)20(16(22)23-14)11-3-1-2-10(19)8-11/h1-8H/b14-7-. The fourth-order valence-corrected chi connectivity index (χ4v) is 3.66. The lowest BCUT2D eigenvalue weighted by Crippen LogP contribution is -2.27. The second kappa shape index (κ2) is 6.61. The molecule has 0 N–H and O–H groups in total. The maximum Gasteiger partial charge on any atom is 0.270 e. The van der Waals surface area contributed by atoms with Crippen LogP contribution in [0, 0.1) is 5.82 Å². The number of hydrogen-bond acceptors (Lipinski definition) is 3. The Balaban J connectivity index is 1.94. The summed E-state index contributed by atoms with van der Waals surface area (Å²) in [5.74, 6) is -0.721. The van der Waals surface area contributed by atoms with Crippen LogP contribution in [0.3, 0.4) is 0 Å². The molecule has 0 atom stereocenters. The van der Waals surface area contributed by atoms with E-state index in [1.807, 2.05) is 0 Å². The van der Waals surface area contributed by atoms with Gasteiger partial charge in [-0.25, -0.2) is 4.39 Å². The van der Waals surface area contributed by atoms with Crippen LogP contribution in [-0.2, 0) is 4.79 Å². The molecule has 1 fully saturated rings. The Morgan fingerprint density at radius 1 is 1.13 bits per heavy atom. The molecule has 0 spiro atoms. The van der Waals surface area contributed by atoms with E-state index < -0.39 is 5.82 Å². The van der Waals surface area contributed by atoms with Crippen LogP contribution in [0.25, 0.3) is 6.08 Å². The fraction of sp³-hybridized carbons (Fsp3) is 0. The lowest BCUT2D eigenvalue weighted by Gasteiger charge is -2.14. The minimum absolute atomic E-state index is 0.295. The number of rotatable bonds is 2. The van der Waals surface area contributed by atoms with Crippen molar-refractivity contribution in [1.29, 1.82) is 0 Å². The number of thioether (sulfide) groups is 1. The zero-order valence-corrected chi connectivity index (χ0v) is 14.6. The minimum atomic E-state index is -0.426. The average molecular weight is 384 g/mol. The van der Waals surface area contributed by atoms with Crippen LogP contribution >= 0.6 is 47.2 Å². The number of amides is 1. The number of carbonyl (C=O) groups is 1. The van der Waals surface area contributed by atoms with Crippen LogP contribution in [0.15, 0.2) is 47.4 Å². The zero-order chi connectivity index (χ0) is 16.6. The molecule has 1 aliphatic heterocycles. The van der Waals surface area contributed by atoms with Crippen LogP contribution in [0.5, 0.6) is 0 Å². The molecular weight excluding hydrogens is 376 g/mol. The molecule has 0 aromatic heterocycles. The third-order valence-corrected chi connectivity index (χ3v) is 5.14. The Kier molecular flexibility index (Phi) is 4.73. The van der Waals surface area contributed by atoms with E-state index in [1.165, 1.54) is 23.1 Å². The molecule has 1 heterocycles. The van der Waals surface area contributed by atoms with Crippen LogP contribution in [0.4, 0.5) is 10.1 Å². The molecule has 1 amide bonds. The van der Waals surface area contributed by atoms with Gasteiger partial charge < -0.3 is 0 Å². The second-order valence-corrected chi connectivity index (χ2v) is 7.16. The summed E-state index contributed by atoms with van der Waals surface area (Å²) in [6.45, 7) is 0. The quantitative estimate of drug-likeness (QED) is 0.501. The molecule has 0 radical (unpaired) electrons. The van der Waals surface area contributed by atoms with Crippen molar-refractivity contribution < 1.29 is 9.18 Å². The molecule has 0 bridgehead atoms. The average Bonchev–Trinajstić information content (AvgIpc) is 2.77. The van der Waals surface area contributed by atoms with Gasteiger partial charge in [-0.15, -0.1) is 0 Å². The molecule has 3 rings (SSSR count). The zero-order valence-electron chi connectivity index (χ0n) is 11.4. The van der Waals surface area contributed by atoms with E-state index in [9.17, 15) is 9.18 Å². The van der Waals surface area contributed by atoms with Gasteiger partial charge in [-0.2, -0.15) is 0 Å². The van der Waals surface area contributed by atoms with Gasteiger partial charge in [-0.3, -0.25) is 9.69 Å². The molecule has 2 aromatic rings. The number of benzene rings is 2. The van der Waals surface area contributed by atoms with Gasteiger partial charge in [0.05, 0.1) is 20.6 Å². The van der Waals surface area contributed by atoms with Gasteiger partial charge in [0.2, 0.25) is 0 Å². The van der Waals surface area contributed by atoms with Gasteiger partial charge in [0.15, 0.2) is 4.32 Å². The highest BCUT2D eigenvalue weighted by molar-refractivity contribution is 8.27. The van der Waals surface area contributed by atoms with Crippen LogP contribution in [-0.4, -0.2) is 10.2 Å². The first-order valence-electron chi connectivity index (χ1n) is 6.44. The van der Waals surface area contributed by atoms with Crippen molar-refractivity contribution >= 4 is 69.2 Å². The summed E-state index contributed by atoms with van der Waals surface area (Å²) in [4.78, 5) is 14.3. The molecule has 2 nitrogen and oxygen atoms in total. The van der Waals surface area contributed by atoms with Crippen LogP contribution < -0.4 is 4.90 Å². The molecule has 0 saturated carbocycles. The van der Waals surface area contributed by atoms with Crippen molar-refractivity contribution in [3.8, 4) is 0 Å². The molecule has 23 heavy (non-hydrogen) atoms. The molecule has 0 unspecified atom stereocenters. The first kappa shape index (κ1) is 16.5. The lowest BCUT2D eigenvalue weighted by atomic mass is 10.2. The third-order valence-electron chi connectivity index (χ3n) is 3.10. The molecule has 0 aliphatic carbocycles. The number of halogens is 3. The summed E-state index contributed by atoms with van der Waals surface area (Å²) >= 11 is 18.3. The predicted molar refractivity (Wildman–Crippen MR) is 98.5 cm³/mol. The maximum atomic E-state index is 13.4. The van der Waals surface area contributed by atoms with Crippen molar-refractivity contribution in [2.24, 2.45) is 0 Å². The highest BCUT2D eigenvalue weighted by atomic mass is 35.5. The van der Waals surface area contributed by atoms with E-state index in [1.54, 1.807) is 30.3 Å². The van der Waals surface area contributed by atoms with Gasteiger partial charge >= 0.3 is 0 Å². The topological polar surface area (TPSA) is 20.3 Å². The van der Waals surface area contributed by atoms with Gasteiger partial charge in [-0.05, 0) is 42.0 Å². The summed E-state index contributed by atoms with van der Waals surface area (Å²) < 4.78 is 13.7. The summed E-state index contributed by atoms with van der Waals surface area (Å²) in [6.07, 6.45) is 1.68. The largest absolute Gasteiger partial charge is 0.270 e. The van der Waals surface area contributed by atoms with Gasteiger partial charge in [-0.1, -0.05) is 59.3 Å². The van der Waals surface area contributed by atoms with Crippen molar-refractivity contribution in [3.63, 3.8) is 0 Å². The number of nitrogens with zero attached hydrogens (tertiary/aromatic N) is 1. The minimum Gasteiger partial charge on any atom is -0.268 e. The van der Waals surface area contributed by atoms with Crippen molar-refractivity contribution in [1.82, 2.24) is 0 Å². The SMILES string of the molecule is O=C1/C(=C/c2ccc(Cl)c(Cl)c2)SC(=S)N1c1cccc(F)c1. The fourth-order valence-electron chi connectivity index (χ4n) is 2.06. The van der Waals surface area contributed by atoms with E-state index >= 15 is 0 Å². The molecule has 1 saturated heterocycles. The number of thiocarbonyl (C=S) groups is 1. The summed E-state index contributed by atoms with van der Waals surface area (Å²) in [5, 5.41) is 0.845. The Morgan fingerprint density at radius 3 is 2.61 bits per heavy atom. The van der Waals surface area contributed by atoms with Crippen LogP contribution in [0.2, 0.25) is 10.0 Å². The summed E-state index contributed by atoms with van der Waals surface area (Å²) in [5.41, 5.74) is 1.14. The summed E-state index contributed by atoms with van der Waals surface area (Å²) in [6, 6.07) is 10.8. The molecular formula is C16H8Cl2FNOS2. The smallest absolute Gasteiger partial charge is 0.268 e. The first-order chi connectivity index (χ1) is 11.0. The third kappa shape index (κ3) is 3.43. The monoisotopic (exact) mass is 383 g/mol. The lowest BCUT2D eigenvalue weighted by molar-refractivity contribution is -0.113. The van der Waals surface area contributed by atoms with Crippen molar-refractivity contribution in [2.75, 3.05) is 4.90 Å². The highest BCUT2D eigenvalue weighted by Crippen LogP contribution is 2.36. The Hall–Kier alpha value is -1.40. The first-order valence-corrected chi connectivity index (χ1v) is 8.42. The normalized spacial score (nSPS) is 16.5.